The van der Waals surface area contributed by atoms with Crippen LogP contribution in [0.3, 0.4) is 0 Å². The lowest BCUT2D eigenvalue weighted by Gasteiger charge is -2.05. The zero-order valence-electron chi connectivity index (χ0n) is 9.29. The fraction of sp³-hybridized carbons (Fsp3) is 0.100. The second kappa shape index (κ2) is 5.94. The standard InChI is InChI=1S/C10H3Cl2F3N2O2S/c11-5-7(20-17-8(5)12)10(18)19-2-3-1-4(13)16-9(15)6(3)14/h1H,2H2. The molecule has 0 fully saturated rings. The summed E-state index contributed by atoms with van der Waals surface area (Å²) in [6.45, 7) is -0.688. The van der Waals surface area contributed by atoms with Crippen LogP contribution < -0.4 is 0 Å². The van der Waals surface area contributed by atoms with Gasteiger partial charge in [-0.1, -0.05) is 23.2 Å². The van der Waals surface area contributed by atoms with Gasteiger partial charge in [0.25, 0.3) is 5.95 Å². The first kappa shape index (κ1) is 15.0. The van der Waals surface area contributed by atoms with E-state index in [-0.39, 0.29) is 15.1 Å². The summed E-state index contributed by atoms with van der Waals surface area (Å²) in [7, 11) is 0. The quantitative estimate of drug-likeness (QED) is 0.631. The smallest absolute Gasteiger partial charge is 0.351 e. The Morgan fingerprint density at radius 1 is 1.35 bits per heavy atom. The Bertz CT molecular complexity index is 681. The van der Waals surface area contributed by atoms with Gasteiger partial charge in [-0.3, -0.25) is 0 Å². The summed E-state index contributed by atoms with van der Waals surface area (Å²) in [6.07, 6.45) is 0. The van der Waals surface area contributed by atoms with Crippen LogP contribution in [0.1, 0.15) is 15.2 Å². The summed E-state index contributed by atoms with van der Waals surface area (Å²) >= 11 is 11.9. The van der Waals surface area contributed by atoms with Crippen molar-refractivity contribution in [1.29, 1.82) is 0 Å². The molecular weight excluding hydrogens is 340 g/mol. The number of hydrogen-bond acceptors (Lipinski definition) is 5. The highest BCUT2D eigenvalue weighted by atomic mass is 35.5. The summed E-state index contributed by atoms with van der Waals surface area (Å²) < 4.78 is 47.2. The molecule has 2 rings (SSSR count). The molecule has 0 atom stereocenters. The first-order chi connectivity index (χ1) is 9.40. The molecule has 106 valence electrons. The van der Waals surface area contributed by atoms with E-state index in [1.54, 1.807) is 0 Å². The Hall–Kier alpha value is -1.38. The van der Waals surface area contributed by atoms with Crippen molar-refractivity contribution >= 4 is 40.7 Å². The van der Waals surface area contributed by atoms with Crippen molar-refractivity contribution < 1.29 is 22.7 Å². The van der Waals surface area contributed by atoms with E-state index >= 15 is 0 Å². The number of rotatable bonds is 3. The summed E-state index contributed by atoms with van der Waals surface area (Å²) in [4.78, 5) is 14.2. The van der Waals surface area contributed by atoms with Gasteiger partial charge in [-0.25, -0.2) is 9.18 Å². The molecule has 0 aliphatic rings. The molecular formula is C10H3Cl2F3N2O2S. The van der Waals surface area contributed by atoms with Crippen LogP contribution in [0, 0.1) is 17.7 Å². The van der Waals surface area contributed by atoms with Crippen LogP contribution in [-0.2, 0) is 11.3 Å². The van der Waals surface area contributed by atoms with Crippen molar-refractivity contribution in [3.63, 3.8) is 0 Å². The highest BCUT2D eigenvalue weighted by Gasteiger charge is 2.20. The van der Waals surface area contributed by atoms with Crippen LogP contribution in [0.15, 0.2) is 6.07 Å². The first-order valence-electron chi connectivity index (χ1n) is 4.88. The Kier molecular flexibility index (Phi) is 4.46. The van der Waals surface area contributed by atoms with Gasteiger partial charge in [0.2, 0.25) is 5.95 Å². The molecule has 0 N–H and O–H groups in total. The number of halogens is 5. The lowest BCUT2D eigenvalue weighted by Crippen LogP contribution is -2.07. The van der Waals surface area contributed by atoms with Gasteiger partial charge in [-0.05, 0) is 11.5 Å². The molecule has 4 nitrogen and oxygen atoms in total. The SMILES string of the molecule is O=C(OCc1cc(F)nc(F)c1F)c1snc(Cl)c1Cl. The van der Waals surface area contributed by atoms with Crippen molar-refractivity contribution in [2.75, 3.05) is 0 Å². The van der Waals surface area contributed by atoms with E-state index < -0.39 is 35.9 Å². The molecule has 0 aromatic carbocycles. The third kappa shape index (κ3) is 3.02. The highest BCUT2D eigenvalue weighted by molar-refractivity contribution is 7.09. The highest BCUT2D eigenvalue weighted by Crippen LogP contribution is 2.29. The average Bonchev–Trinajstić information content (AvgIpc) is 2.72. The molecule has 0 bridgehead atoms. The van der Waals surface area contributed by atoms with Crippen LogP contribution in [0.25, 0.3) is 0 Å². The average molecular weight is 343 g/mol. The largest absolute Gasteiger partial charge is 0.456 e. The maximum absolute atomic E-state index is 13.3. The van der Waals surface area contributed by atoms with Gasteiger partial charge in [0.05, 0.1) is 0 Å². The van der Waals surface area contributed by atoms with Crippen LogP contribution in [0.2, 0.25) is 10.2 Å². The van der Waals surface area contributed by atoms with Crippen LogP contribution in [0.4, 0.5) is 13.2 Å². The molecule has 10 heteroatoms. The van der Waals surface area contributed by atoms with Crippen molar-refractivity contribution in [3.05, 3.63) is 44.4 Å². The number of hydrogen-bond donors (Lipinski definition) is 0. The topological polar surface area (TPSA) is 52.1 Å². The Balaban J connectivity index is 2.13. The van der Waals surface area contributed by atoms with Crippen molar-refractivity contribution in [2.24, 2.45) is 0 Å². The second-order valence-electron chi connectivity index (χ2n) is 3.40. The molecule has 0 aliphatic carbocycles. The fourth-order valence-electron chi connectivity index (χ4n) is 1.22. The molecule has 0 unspecified atom stereocenters. The van der Waals surface area contributed by atoms with E-state index in [9.17, 15) is 18.0 Å². The fourth-order valence-corrected chi connectivity index (χ4v) is 2.32. The number of carbonyl (C=O) groups excluding carboxylic acids is 1. The van der Waals surface area contributed by atoms with E-state index in [0.29, 0.717) is 17.6 Å². The minimum atomic E-state index is -1.62. The van der Waals surface area contributed by atoms with Gasteiger partial charge in [0, 0.05) is 11.6 Å². The molecule has 20 heavy (non-hydrogen) atoms. The monoisotopic (exact) mass is 342 g/mol. The molecule has 2 aromatic heterocycles. The molecule has 2 heterocycles. The molecule has 0 radical (unpaired) electrons. The maximum Gasteiger partial charge on any atom is 0.351 e. The lowest BCUT2D eigenvalue weighted by atomic mass is 10.2. The number of ether oxygens (including phenoxy) is 1. The van der Waals surface area contributed by atoms with E-state index in [2.05, 4.69) is 14.1 Å². The number of aromatic nitrogens is 2. The number of pyridine rings is 1. The van der Waals surface area contributed by atoms with Gasteiger partial charge in [-0.15, -0.1) is 0 Å². The molecule has 0 aliphatic heterocycles. The Labute approximate surface area is 124 Å². The molecule has 0 spiro atoms. The van der Waals surface area contributed by atoms with Gasteiger partial charge >= 0.3 is 5.97 Å². The summed E-state index contributed by atoms with van der Waals surface area (Å²) in [5, 5.41) is -0.176. The molecule has 0 amide bonds. The van der Waals surface area contributed by atoms with Gasteiger partial charge in [0.1, 0.15) is 11.6 Å². The predicted octanol–water partition coefficient (Wildman–Crippen LogP) is 3.62. The second-order valence-corrected chi connectivity index (χ2v) is 4.91. The Morgan fingerprint density at radius 3 is 2.65 bits per heavy atom. The lowest BCUT2D eigenvalue weighted by molar-refractivity contribution is 0.0473. The molecule has 0 saturated carbocycles. The van der Waals surface area contributed by atoms with Crippen molar-refractivity contribution in [3.8, 4) is 0 Å². The minimum absolute atomic E-state index is 0.0733. The van der Waals surface area contributed by atoms with E-state index in [0.717, 1.165) is 0 Å². The van der Waals surface area contributed by atoms with E-state index in [1.165, 1.54) is 0 Å². The maximum atomic E-state index is 13.3. The molecule has 0 saturated heterocycles. The Morgan fingerprint density at radius 2 is 2.05 bits per heavy atom. The number of nitrogens with zero attached hydrogens (tertiary/aromatic N) is 2. The van der Waals surface area contributed by atoms with Crippen LogP contribution >= 0.6 is 34.7 Å². The van der Waals surface area contributed by atoms with E-state index in [1.807, 2.05) is 0 Å². The van der Waals surface area contributed by atoms with Gasteiger partial charge in [0.15, 0.2) is 15.8 Å². The van der Waals surface area contributed by atoms with Gasteiger partial charge in [-0.2, -0.15) is 18.1 Å². The number of esters is 1. The number of carbonyl (C=O) groups is 1. The van der Waals surface area contributed by atoms with Crippen molar-refractivity contribution in [1.82, 2.24) is 9.36 Å². The first-order valence-corrected chi connectivity index (χ1v) is 6.41. The summed E-state index contributed by atoms with van der Waals surface area (Å²) in [5.74, 6) is -5.17. The minimum Gasteiger partial charge on any atom is -0.456 e. The third-order valence-corrected chi connectivity index (χ3v) is 3.88. The van der Waals surface area contributed by atoms with Crippen molar-refractivity contribution in [2.45, 2.75) is 6.61 Å². The zero-order valence-corrected chi connectivity index (χ0v) is 11.6. The van der Waals surface area contributed by atoms with E-state index in [4.69, 9.17) is 23.2 Å². The zero-order chi connectivity index (χ0) is 14.9. The van der Waals surface area contributed by atoms with Crippen LogP contribution in [-0.4, -0.2) is 15.3 Å². The predicted molar refractivity (Wildman–Crippen MR) is 65.4 cm³/mol. The summed E-state index contributed by atoms with van der Waals surface area (Å²) in [5.41, 5.74) is -0.491. The van der Waals surface area contributed by atoms with Crippen LogP contribution in [0.5, 0.6) is 0 Å². The summed E-state index contributed by atoms with van der Waals surface area (Å²) in [6, 6.07) is 0.618. The normalized spacial score (nSPS) is 10.7. The van der Waals surface area contributed by atoms with Gasteiger partial charge < -0.3 is 4.74 Å². The third-order valence-electron chi connectivity index (χ3n) is 2.10. The molecule has 2 aromatic rings.